The molecule has 0 aliphatic carbocycles. The summed E-state index contributed by atoms with van der Waals surface area (Å²) in [6, 6.07) is 5.37. The molecule has 1 heterocycles. The molecule has 20 heavy (non-hydrogen) atoms. The number of hydrogen-bond acceptors (Lipinski definition) is 4. The zero-order chi connectivity index (χ0) is 14.5. The summed E-state index contributed by atoms with van der Waals surface area (Å²) < 4.78 is 5.10. The van der Waals surface area contributed by atoms with Crippen LogP contribution < -0.4 is 10.1 Å². The van der Waals surface area contributed by atoms with E-state index in [4.69, 9.17) is 27.9 Å². The Balaban J connectivity index is 1.93. The fraction of sp³-hybridized carbons (Fsp3) is 0.286. The molecule has 3 nitrogen and oxygen atoms in total. The van der Waals surface area contributed by atoms with Crippen molar-refractivity contribution in [2.75, 3.05) is 13.7 Å². The van der Waals surface area contributed by atoms with E-state index in [9.17, 15) is 5.11 Å². The van der Waals surface area contributed by atoms with Crippen molar-refractivity contribution < 1.29 is 9.84 Å². The van der Waals surface area contributed by atoms with Crippen molar-refractivity contribution in [2.45, 2.75) is 12.6 Å². The molecular formula is C14H15Cl2NO2S. The number of rotatable bonds is 6. The molecule has 1 aromatic heterocycles. The Kier molecular flexibility index (Phi) is 5.69. The molecule has 1 atom stereocenters. The summed E-state index contributed by atoms with van der Waals surface area (Å²) in [6.07, 6.45) is -0.520. The topological polar surface area (TPSA) is 41.5 Å². The molecule has 2 aromatic rings. The highest BCUT2D eigenvalue weighted by atomic mass is 35.5. The van der Waals surface area contributed by atoms with Gasteiger partial charge in [0, 0.05) is 24.2 Å². The third-order valence-corrected chi connectivity index (χ3v) is 4.25. The molecule has 2 N–H and O–H groups in total. The van der Waals surface area contributed by atoms with Crippen LogP contribution in [0.2, 0.25) is 10.0 Å². The maximum atomic E-state index is 9.96. The Hall–Kier alpha value is -0.780. The Morgan fingerprint density at radius 2 is 2.15 bits per heavy atom. The molecule has 1 unspecified atom stereocenters. The van der Waals surface area contributed by atoms with Gasteiger partial charge >= 0.3 is 0 Å². The van der Waals surface area contributed by atoms with Gasteiger partial charge in [-0.1, -0.05) is 23.2 Å². The molecule has 6 heteroatoms. The second kappa shape index (κ2) is 7.29. The lowest BCUT2D eigenvalue weighted by atomic mass is 10.2. The number of nitrogens with one attached hydrogen (secondary N) is 1. The maximum Gasteiger partial charge on any atom is 0.138 e. The third-order valence-electron chi connectivity index (χ3n) is 2.90. The molecule has 0 fully saturated rings. The Morgan fingerprint density at radius 1 is 1.35 bits per heavy atom. The zero-order valence-electron chi connectivity index (χ0n) is 10.9. The van der Waals surface area contributed by atoms with Gasteiger partial charge in [0.15, 0.2) is 0 Å². The van der Waals surface area contributed by atoms with Gasteiger partial charge in [-0.15, -0.1) is 0 Å². The Bertz CT molecular complexity index is 561. The molecule has 0 spiro atoms. The second-order valence-corrected chi connectivity index (χ2v) is 5.88. The monoisotopic (exact) mass is 331 g/mol. The standard InChI is InChI=1S/C14H15Cl2NO2S/c1-19-14-5-11(15)10(4-12(14)16)6-17-7-13(18)9-2-3-20-8-9/h2-5,8,13,17-18H,6-7H2,1H3. The number of halogens is 2. The molecule has 0 bridgehead atoms. The maximum absolute atomic E-state index is 9.96. The van der Waals surface area contributed by atoms with E-state index >= 15 is 0 Å². The molecule has 0 amide bonds. The summed E-state index contributed by atoms with van der Waals surface area (Å²) in [6.45, 7) is 0.987. The predicted molar refractivity (Wildman–Crippen MR) is 84.0 cm³/mol. The van der Waals surface area contributed by atoms with Gasteiger partial charge in [-0.05, 0) is 34.0 Å². The summed E-state index contributed by atoms with van der Waals surface area (Å²) in [4.78, 5) is 0. The van der Waals surface area contributed by atoms with Gasteiger partial charge in [0.2, 0.25) is 0 Å². The largest absolute Gasteiger partial charge is 0.495 e. The van der Waals surface area contributed by atoms with Crippen molar-refractivity contribution in [3.8, 4) is 5.75 Å². The molecule has 0 aliphatic rings. The van der Waals surface area contributed by atoms with Crippen LogP contribution in [0.25, 0.3) is 0 Å². The van der Waals surface area contributed by atoms with Crippen molar-refractivity contribution in [2.24, 2.45) is 0 Å². The summed E-state index contributed by atoms with van der Waals surface area (Å²) in [5.74, 6) is 0.554. The lowest BCUT2D eigenvalue weighted by Crippen LogP contribution is -2.21. The van der Waals surface area contributed by atoms with Crippen LogP contribution in [0.4, 0.5) is 0 Å². The van der Waals surface area contributed by atoms with Crippen molar-refractivity contribution in [3.63, 3.8) is 0 Å². The quantitative estimate of drug-likeness (QED) is 0.843. The third kappa shape index (κ3) is 3.87. The van der Waals surface area contributed by atoms with E-state index in [0.717, 1.165) is 11.1 Å². The van der Waals surface area contributed by atoms with Gasteiger partial charge < -0.3 is 15.2 Å². The first kappa shape index (κ1) is 15.6. The second-order valence-electron chi connectivity index (χ2n) is 4.28. The van der Waals surface area contributed by atoms with Crippen molar-refractivity contribution in [1.29, 1.82) is 0 Å². The van der Waals surface area contributed by atoms with E-state index in [0.29, 0.717) is 28.9 Å². The first-order valence-electron chi connectivity index (χ1n) is 6.04. The van der Waals surface area contributed by atoms with Gasteiger partial charge in [0.05, 0.1) is 18.2 Å². The number of aliphatic hydroxyl groups excluding tert-OH is 1. The van der Waals surface area contributed by atoms with Crippen LogP contribution in [-0.4, -0.2) is 18.8 Å². The number of ether oxygens (including phenoxy) is 1. The van der Waals surface area contributed by atoms with Gasteiger partial charge in [-0.3, -0.25) is 0 Å². The van der Waals surface area contributed by atoms with Gasteiger partial charge in [-0.2, -0.15) is 11.3 Å². The van der Waals surface area contributed by atoms with E-state index < -0.39 is 6.10 Å². The number of methoxy groups -OCH3 is 1. The average molecular weight is 332 g/mol. The van der Waals surface area contributed by atoms with E-state index in [2.05, 4.69) is 5.32 Å². The summed E-state index contributed by atoms with van der Waals surface area (Å²) in [7, 11) is 1.55. The van der Waals surface area contributed by atoms with Gasteiger partial charge in [0.1, 0.15) is 5.75 Å². The molecular weight excluding hydrogens is 317 g/mol. The number of thiophene rings is 1. The van der Waals surface area contributed by atoms with Crippen LogP contribution in [0.15, 0.2) is 29.0 Å². The SMILES string of the molecule is COc1cc(Cl)c(CNCC(O)c2ccsc2)cc1Cl. The fourth-order valence-corrected chi connectivity index (χ4v) is 2.98. The molecule has 108 valence electrons. The highest BCUT2D eigenvalue weighted by Crippen LogP contribution is 2.30. The fourth-order valence-electron chi connectivity index (χ4n) is 1.79. The first-order chi connectivity index (χ1) is 9.61. The minimum Gasteiger partial charge on any atom is -0.495 e. The van der Waals surface area contributed by atoms with Crippen molar-refractivity contribution >= 4 is 34.5 Å². The Labute approximate surface area is 132 Å². The molecule has 0 radical (unpaired) electrons. The summed E-state index contributed by atoms with van der Waals surface area (Å²) in [5.41, 5.74) is 1.79. The van der Waals surface area contributed by atoms with E-state index in [1.165, 1.54) is 0 Å². The normalized spacial score (nSPS) is 12.4. The minimum atomic E-state index is -0.520. The van der Waals surface area contributed by atoms with Crippen molar-refractivity contribution in [1.82, 2.24) is 5.32 Å². The van der Waals surface area contributed by atoms with E-state index in [1.54, 1.807) is 30.6 Å². The first-order valence-corrected chi connectivity index (χ1v) is 7.74. The van der Waals surface area contributed by atoms with Gasteiger partial charge in [-0.25, -0.2) is 0 Å². The van der Waals surface area contributed by atoms with Crippen LogP contribution in [0.5, 0.6) is 5.75 Å². The predicted octanol–water partition coefficient (Wildman–Crippen LogP) is 3.89. The lowest BCUT2D eigenvalue weighted by molar-refractivity contribution is 0.175. The summed E-state index contributed by atoms with van der Waals surface area (Å²) >= 11 is 13.8. The van der Waals surface area contributed by atoms with E-state index in [1.807, 2.05) is 16.8 Å². The highest BCUT2D eigenvalue weighted by Gasteiger charge is 2.10. The van der Waals surface area contributed by atoms with Crippen LogP contribution in [-0.2, 0) is 6.54 Å². The zero-order valence-corrected chi connectivity index (χ0v) is 13.2. The van der Waals surface area contributed by atoms with E-state index in [-0.39, 0.29) is 0 Å². The summed E-state index contributed by atoms with van der Waals surface area (Å²) in [5, 5.41) is 18.1. The molecule has 0 aliphatic heterocycles. The number of aliphatic hydroxyl groups is 1. The van der Waals surface area contributed by atoms with Crippen LogP contribution in [0.3, 0.4) is 0 Å². The van der Waals surface area contributed by atoms with Crippen LogP contribution in [0.1, 0.15) is 17.2 Å². The number of hydrogen-bond donors (Lipinski definition) is 2. The van der Waals surface area contributed by atoms with Crippen LogP contribution in [0, 0.1) is 0 Å². The molecule has 1 aromatic carbocycles. The Morgan fingerprint density at radius 3 is 2.80 bits per heavy atom. The molecule has 2 rings (SSSR count). The smallest absolute Gasteiger partial charge is 0.138 e. The number of benzene rings is 1. The minimum absolute atomic E-state index is 0.455. The highest BCUT2D eigenvalue weighted by molar-refractivity contribution is 7.07. The molecule has 0 saturated heterocycles. The lowest BCUT2D eigenvalue weighted by Gasteiger charge is -2.12. The van der Waals surface area contributed by atoms with Crippen LogP contribution >= 0.6 is 34.5 Å². The average Bonchev–Trinajstić information content (AvgIpc) is 2.96. The molecule has 0 saturated carbocycles. The van der Waals surface area contributed by atoms with Crippen molar-refractivity contribution in [3.05, 3.63) is 50.1 Å². The van der Waals surface area contributed by atoms with Gasteiger partial charge in [0.25, 0.3) is 0 Å².